The van der Waals surface area contributed by atoms with E-state index in [9.17, 15) is 0 Å². The van der Waals surface area contributed by atoms with Gasteiger partial charge in [-0.25, -0.2) is 0 Å². The molecule has 1 aliphatic heterocycles. The van der Waals surface area contributed by atoms with Crippen LogP contribution in [0.3, 0.4) is 0 Å². The molecule has 18 heavy (non-hydrogen) atoms. The van der Waals surface area contributed by atoms with Gasteiger partial charge in [-0.2, -0.15) is 0 Å². The Labute approximate surface area is 109 Å². The second-order valence-corrected chi connectivity index (χ2v) is 5.43. The van der Waals surface area contributed by atoms with Gasteiger partial charge in [0.1, 0.15) is 0 Å². The predicted octanol–water partition coefficient (Wildman–Crippen LogP) is 4.32. The molecular weight excluding hydrogens is 218 g/mol. The van der Waals surface area contributed by atoms with Crippen molar-refractivity contribution in [1.29, 1.82) is 0 Å². The van der Waals surface area contributed by atoms with Crippen molar-refractivity contribution in [2.75, 3.05) is 5.32 Å². The van der Waals surface area contributed by atoms with E-state index in [-0.39, 0.29) is 0 Å². The third-order valence-electron chi connectivity index (χ3n) is 3.78. The molecule has 0 saturated carbocycles. The standard InChI is InChI=1S/C17H19N/c1-11-4-6-14(7-5-11)16-10-15-9-12(2)8-13(3)17(15)18-16/h4-9,16,18H,10H2,1-3H3. The molecule has 1 heteroatoms. The van der Waals surface area contributed by atoms with Crippen molar-refractivity contribution in [2.45, 2.75) is 33.2 Å². The number of benzene rings is 2. The summed E-state index contributed by atoms with van der Waals surface area (Å²) in [7, 11) is 0. The second-order valence-electron chi connectivity index (χ2n) is 5.43. The first-order valence-corrected chi connectivity index (χ1v) is 6.57. The number of fused-ring (bicyclic) bond motifs is 1. The van der Waals surface area contributed by atoms with Crippen LogP contribution in [0.5, 0.6) is 0 Å². The van der Waals surface area contributed by atoms with Crippen LogP contribution in [0.1, 0.15) is 33.9 Å². The van der Waals surface area contributed by atoms with E-state index in [0.29, 0.717) is 6.04 Å². The van der Waals surface area contributed by atoms with Gasteiger partial charge >= 0.3 is 0 Å². The normalized spacial score (nSPS) is 17.4. The van der Waals surface area contributed by atoms with Crippen LogP contribution < -0.4 is 5.32 Å². The minimum atomic E-state index is 0.432. The molecule has 0 radical (unpaired) electrons. The van der Waals surface area contributed by atoms with Crippen molar-refractivity contribution in [3.63, 3.8) is 0 Å². The van der Waals surface area contributed by atoms with Gasteiger partial charge in [-0.1, -0.05) is 47.5 Å². The Morgan fingerprint density at radius 3 is 2.39 bits per heavy atom. The van der Waals surface area contributed by atoms with Crippen molar-refractivity contribution in [2.24, 2.45) is 0 Å². The maximum absolute atomic E-state index is 3.67. The van der Waals surface area contributed by atoms with Gasteiger partial charge in [0.25, 0.3) is 0 Å². The smallest absolute Gasteiger partial charge is 0.0555 e. The first-order chi connectivity index (χ1) is 8.63. The topological polar surface area (TPSA) is 12.0 Å². The van der Waals surface area contributed by atoms with Crippen molar-refractivity contribution in [3.8, 4) is 0 Å². The quantitative estimate of drug-likeness (QED) is 0.778. The van der Waals surface area contributed by atoms with Crippen LogP contribution >= 0.6 is 0 Å². The average Bonchev–Trinajstić information content (AvgIpc) is 2.74. The monoisotopic (exact) mass is 237 g/mol. The van der Waals surface area contributed by atoms with Crippen LogP contribution in [0.25, 0.3) is 0 Å². The minimum absolute atomic E-state index is 0.432. The Balaban J connectivity index is 1.93. The summed E-state index contributed by atoms with van der Waals surface area (Å²) in [6.45, 7) is 6.50. The third-order valence-corrected chi connectivity index (χ3v) is 3.78. The molecule has 0 aliphatic carbocycles. The molecule has 2 aromatic rings. The van der Waals surface area contributed by atoms with Gasteiger partial charge in [0.15, 0.2) is 0 Å². The van der Waals surface area contributed by atoms with Gasteiger partial charge in [-0.3, -0.25) is 0 Å². The van der Waals surface area contributed by atoms with Gasteiger partial charge < -0.3 is 5.32 Å². The summed E-state index contributed by atoms with van der Waals surface area (Å²) in [5, 5.41) is 3.67. The molecule has 0 fully saturated rings. The lowest BCUT2D eigenvalue weighted by Crippen LogP contribution is -2.05. The van der Waals surface area contributed by atoms with E-state index in [1.54, 1.807) is 0 Å². The summed E-state index contributed by atoms with van der Waals surface area (Å²) in [5.41, 5.74) is 8.22. The van der Waals surface area contributed by atoms with Gasteiger partial charge in [0.05, 0.1) is 6.04 Å². The number of hydrogen-bond acceptors (Lipinski definition) is 1. The molecule has 0 saturated heterocycles. The SMILES string of the molecule is Cc1ccc(C2Cc3cc(C)cc(C)c3N2)cc1. The molecule has 1 aliphatic rings. The third kappa shape index (κ3) is 1.90. The molecule has 92 valence electrons. The first kappa shape index (κ1) is 11.3. The van der Waals surface area contributed by atoms with Crippen LogP contribution in [-0.4, -0.2) is 0 Å². The zero-order valence-electron chi connectivity index (χ0n) is 11.2. The van der Waals surface area contributed by atoms with E-state index >= 15 is 0 Å². The highest BCUT2D eigenvalue weighted by molar-refractivity contribution is 5.64. The fourth-order valence-electron chi connectivity index (χ4n) is 2.87. The molecule has 0 bridgehead atoms. The summed E-state index contributed by atoms with van der Waals surface area (Å²) in [6, 6.07) is 13.9. The summed E-state index contributed by atoms with van der Waals surface area (Å²) < 4.78 is 0. The molecule has 3 rings (SSSR count). The summed E-state index contributed by atoms with van der Waals surface area (Å²) in [5.74, 6) is 0. The maximum Gasteiger partial charge on any atom is 0.0555 e. The van der Waals surface area contributed by atoms with E-state index in [2.05, 4.69) is 62.5 Å². The number of anilines is 1. The van der Waals surface area contributed by atoms with Gasteiger partial charge in [0, 0.05) is 5.69 Å². The predicted molar refractivity (Wildman–Crippen MR) is 77.2 cm³/mol. The lowest BCUT2D eigenvalue weighted by Gasteiger charge is -2.12. The van der Waals surface area contributed by atoms with E-state index in [0.717, 1.165) is 6.42 Å². The molecular formula is C17H19N. The van der Waals surface area contributed by atoms with Crippen molar-refractivity contribution >= 4 is 5.69 Å². The number of aryl methyl sites for hydroxylation is 3. The van der Waals surface area contributed by atoms with Crippen LogP contribution in [0.4, 0.5) is 5.69 Å². The summed E-state index contributed by atoms with van der Waals surface area (Å²) in [6.07, 6.45) is 1.10. The fourth-order valence-corrected chi connectivity index (χ4v) is 2.87. The largest absolute Gasteiger partial charge is 0.377 e. The first-order valence-electron chi connectivity index (χ1n) is 6.57. The van der Waals surface area contributed by atoms with E-state index in [1.165, 1.54) is 33.5 Å². The molecule has 1 nitrogen and oxygen atoms in total. The van der Waals surface area contributed by atoms with Crippen LogP contribution in [0.2, 0.25) is 0 Å². The van der Waals surface area contributed by atoms with Crippen molar-refractivity contribution < 1.29 is 0 Å². The van der Waals surface area contributed by atoms with Gasteiger partial charge in [-0.15, -0.1) is 0 Å². The molecule has 1 N–H and O–H groups in total. The zero-order valence-corrected chi connectivity index (χ0v) is 11.2. The highest BCUT2D eigenvalue weighted by Crippen LogP contribution is 2.37. The van der Waals surface area contributed by atoms with Crippen LogP contribution in [0, 0.1) is 20.8 Å². The average molecular weight is 237 g/mol. The molecule has 2 aromatic carbocycles. The Morgan fingerprint density at radius 2 is 1.67 bits per heavy atom. The molecule has 1 heterocycles. The molecule has 0 spiro atoms. The Hall–Kier alpha value is -1.76. The van der Waals surface area contributed by atoms with E-state index < -0.39 is 0 Å². The Bertz CT molecular complexity index is 581. The molecule has 0 amide bonds. The molecule has 0 aromatic heterocycles. The van der Waals surface area contributed by atoms with Crippen molar-refractivity contribution in [1.82, 2.24) is 0 Å². The second kappa shape index (κ2) is 4.16. The van der Waals surface area contributed by atoms with Crippen LogP contribution in [0.15, 0.2) is 36.4 Å². The molecule has 1 atom stereocenters. The summed E-state index contributed by atoms with van der Waals surface area (Å²) in [4.78, 5) is 0. The Kier molecular flexibility index (Phi) is 2.62. The molecule has 1 unspecified atom stereocenters. The lowest BCUT2D eigenvalue weighted by atomic mass is 10.00. The minimum Gasteiger partial charge on any atom is -0.377 e. The van der Waals surface area contributed by atoms with Gasteiger partial charge in [0.2, 0.25) is 0 Å². The number of nitrogens with one attached hydrogen (secondary N) is 1. The Morgan fingerprint density at radius 1 is 0.944 bits per heavy atom. The van der Waals surface area contributed by atoms with Crippen molar-refractivity contribution in [3.05, 3.63) is 64.2 Å². The number of hydrogen-bond donors (Lipinski definition) is 1. The maximum atomic E-state index is 3.67. The highest BCUT2D eigenvalue weighted by Gasteiger charge is 2.23. The summed E-state index contributed by atoms with van der Waals surface area (Å²) >= 11 is 0. The van der Waals surface area contributed by atoms with Gasteiger partial charge in [-0.05, 0) is 43.9 Å². The van der Waals surface area contributed by atoms with Crippen LogP contribution in [-0.2, 0) is 6.42 Å². The number of rotatable bonds is 1. The van der Waals surface area contributed by atoms with E-state index in [4.69, 9.17) is 0 Å². The van der Waals surface area contributed by atoms with E-state index in [1.807, 2.05) is 0 Å². The zero-order chi connectivity index (χ0) is 12.7. The highest BCUT2D eigenvalue weighted by atomic mass is 15.0. The lowest BCUT2D eigenvalue weighted by molar-refractivity contribution is 0.823. The fraction of sp³-hybridized carbons (Fsp3) is 0.294.